The van der Waals surface area contributed by atoms with Gasteiger partial charge in [-0.05, 0) is 12.5 Å². The zero-order valence-corrected chi connectivity index (χ0v) is 10.2. The Hall–Kier alpha value is 1.15. The molecule has 0 aliphatic rings. The quantitative estimate of drug-likeness (QED) is 0.665. The summed E-state index contributed by atoms with van der Waals surface area (Å²) in [6.07, 6.45) is 6.91. The van der Waals surface area contributed by atoms with E-state index in [9.17, 15) is 0 Å². The van der Waals surface area contributed by atoms with E-state index in [0.717, 1.165) is 0 Å². The molecule has 0 saturated carbocycles. The van der Waals surface area contributed by atoms with Gasteiger partial charge >= 0.3 is 46.7 Å². The van der Waals surface area contributed by atoms with Crippen molar-refractivity contribution in [2.75, 3.05) is 12.5 Å². The van der Waals surface area contributed by atoms with Crippen molar-refractivity contribution in [2.45, 2.75) is 24.2 Å². The molecule has 0 unspecified atom stereocenters. The molecule has 0 amide bonds. The molecule has 0 aliphatic heterocycles. The monoisotopic (exact) mass is 240 g/mol. The Balaban J connectivity index is 0. The van der Waals surface area contributed by atoms with Gasteiger partial charge in [0.2, 0.25) is 0 Å². The molecular weight excluding hydrogens is 223 g/mol. The minimum atomic E-state index is 1.38. The van der Waals surface area contributed by atoms with Gasteiger partial charge in [-0.1, -0.05) is 0 Å². The average Bonchev–Trinajstić information content (AvgIpc) is 1.71. The zero-order chi connectivity index (χ0) is 6.83. The third-order valence-corrected chi connectivity index (χ3v) is 1.72. The fraction of sp³-hybridized carbons (Fsp3) is 1.00. The van der Waals surface area contributed by atoms with E-state index in [2.05, 4.69) is 6.92 Å². The summed E-state index contributed by atoms with van der Waals surface area (Å²) in [5, 5.41) is 0. The van der Waals surface area contributed by atoms with E-state index in [0.29, 0.717) is 0 Å². The minimum absolute atomic E-state index is 1.38. The van der Waals surface area contributed by atoms with E-state index in [4.69, 9.17) is 0 Å². The van der Waals surface area contributed by atoms with Crippen molar-refractivity contribution >= 4 is 34.3 Å². The Morgan fingerprint density at radius 3 is 1.75 bits per heavy atom. The van der Waals surface area contributed by atoms with Gasteiger partial charge in [-0.25, -0.2) is 0 Å². The van der Waals surface area contributed by atoms with Crippen molar-refractivity contribution < 1.29 is 0 Å². The Bertz CT molecular complexity index is 22.5. The van der Waals surface area contributed by atoms with Crippen molar-refractivity contribution in [3.05, 3.63) is 0 Å². The summed E-state index contributed by atoms with van der Waals surface area (Å²) in [5.41, 5.74) is 0. The average molecular weight is 239 g/mol. The molecule has 0 spiro atoms. The fourth-order valence-electron chi connectivity index (χ4n) is 0.204. The Morgan fingerprint density at radius 2 is 1.75 bits per heavy atom. The first-order chi connectivity index (χ1) is 3.83. The van der Waals surface area contributed by atoms with Crippen LogP contribution in [-0.2, 0) is 0 Å². The minimum Gasteiger partial charge on any atom is -0.169 e. The third kappa shape index (κ3) is 27.3. The summed E-state index contributed by atoms with van der Waals surface area (Å²) >= 11 is 3.20. The SMILES string of the molecule is CCC[CH2][SnH].CSC. The smallest absolute Gasteiger partial charge is 0.0187 e. The number of hydrogen-bond donors (Lipinski definition) is 0. The largest absolute Gasteiger partial charge is 0.169 e. The van der Waals surface area contributed by atoms with E-state index in [-0.39, 0.29) is 0 Å². The van der Waals surface area contributed by atoms with E-state index in [1.807, 2.05) is 12.5 Å². The van der Waals surface area contributed by atoms with E-state index in [1.165, 1.54) is 39.8 Å². The van der Waals surface area contributed by atoms with Crippen molar-refractivity contribution in [3.8, 4) is 0 Å². The number of thioether (sulfide) groups is 1. The second-order valence-corrected chi connectivity index (χ2v) is 4.01. The maximum Gasteiger partial charge on any atom is -0.0187 e. The molecule has 2 heteroatoms. The molecule has 0 aromatic carbocycles. The predicted octanol–water partition coefficient (Wildman–Crippen LogP) is 2.08. The first-order valence-electron chi connectivity index (χ1n) is 2.93. The second kappa shape index (κ2) is 15.7. The number of unbranched alkanes of at least 4 members (excludes halogenated alkanes) is 1. The Kier molecular flexibility index (Phi) is 23.3. The van der Waals surface area contributed by atoms with Crippen LogP contribution in [0, 0.1) is 0 Å². The molecule has 0 saturated heterocycles. The van der Waals surface area contributed by atoms with Gasteiger partial charge < -0.3 is 0 Å². The summed E-state index contributed by atoms with van der Waals surface area (Å²) in [7, 11) is 0. The normalized spacial score (nSPS) is 7.50. The van der Waals surface area contributed by atoms with Gasteiger partial charge in [-0.2, -0.15) is 11.8 Å². The van der Waals surface area contributed by atoms with Crippen LogP contribution in [0.4, 0.5) is 0 Å². The molecule has 0 heterocycles. The van der Waals surface area contributed by atoms with Crippen LogP contribution in [-0.4, -0.2) is 35.0 Å². The molecule has 0 fully saturated rings. The van der Waals surface area contributed by atoms with Crippen molar-refractivity contribution in [1.29, 1.82) is 0 Å². The summed E-state index contributed by atoms with van der Waals surface area (Å²) < 4.78 is 1.47. The molecule has 0 N–H and O–H groups in total. The first kappa shape index (κ1) is 11.9. The molecule has 0 bridgehead atoms. The topological polar surface area (TPSA) is 0 Å². The first-order valence-corrected chi connectivity index (χ1v) is 6.90. The van der Waals surface area contributed by atoms with E-state index >= 15 is 0 Å². The Labute approximate surface area is 70.9 Å². The van der Waals surface area contributed by atoms with Gasteiger partial charge in [-0.3, -0.25) is 0 Å². The summed E-state index contributed by atoms with van der Waals surface area (Å²) in [4.78, 5) is 0. The maximum atomic E-state index is 2.23. The van der Waals surface area contributed by atoms with Crippen LogP contribution in [0.2, 0.25) is 4.44 Å². The van der Waals surface area contributed by atoms with Gasteiger partial charge in [0.1, 0.15) is 0 Å². The standard InChI is InChI=1S/C4H9.C2H6S.Sn.H/c1-3-4-2;1-3-2;;/h1,3-4H2,2H3;1-2H3;;. The molecule has 50 valence electrons. The van der Waals surface area contributed by atoms with Crippen LogP contribution in [0.1, 0.15) is 19.8 Å². The van der Waals surface area contributed by atoms with Crippen LogP contribution in [0.25, 0.3) is 0 Å². The third-order valence-electron chi connectivity index (χ3n) is 0.558. The summed E-state index contributed by atoms with van der Waals surface area (Å²) in [6.45, 7) is 2.23. The predicted molar refractivity (Wildman–Crippen MR) is 46.3 cm³/mol. The van der Waals surface area contributed by atoms with Crippen LogP contribution in [0.3, 0.4) is 0 Å². The molecule has 0 atom stereocenters. The summed E-state index contributed by atoms with van der Waals surface area (Å²) in [6, 6.07) is 0. The fourth-order valence-corrected chi connectivity index (χ4v) is 1.37. The molecule has 8 heavy (non-hydrogen) atoms. The van der Waals surface area contributed by atoms with E-state index in [1.54, 1.807) is 11.8 Å². The molecule has 0 aromatic rings. The van der Waals surface area contributed by atoms with Crippen LogP contribution in [0.5, 0.6) is 0 Å². The van der Waals surface area contributed by atoms with Crippen molar-refractivity contribution in [1.82, 2.24) is 0 Å². The molecule has 0 nitrogen and oxygen atoms in total. The van der Waals surface area contributed by atoms with Gasteiger partial charge in [0, 0.05) is 0 Å². The summed E-state index contributed by atoms with van der Waals surface area (Å²) in [5.74, 6) is 0. The Morgan fingerprint density at radius 1 is 1.38 bits per heavy atom. The molecule has 0 rings (SSSR count). The van der Waals surface area contributed by atoms with Gasteiger partial charge in [0.05, 0.1) is 0 Å². The van der Waals surface area contributed by atoms with E-state index < -0.39 is 0 Å². The van der Waals surface area contributed by atoms with Gasteiger partial charge in [0.25, 0.3) is 0 Å². The molecular formula is C6H16SSn. The van der Waals surface area contributed by atoms with Crippen molar-refractivity contribution in [2.24, 2.45) is 0 Å². The number of hydrogen-bond acceptors (Lipinski definition) is 1. The molecule has 2 radical (unpaired) electrons. The molecule has 0 aromatic heterocycles. The second-order valence-electron chi connectivity index (χ2n) is 1.55. The molecule has 0 aliphatic carbocycles. The zero-order valence-electron chi connectivity index (χ0n) is 6.11. The van der Waals surface area contributed by atoms with Crippen molar-refractivity contribution in [3.63, 3.8) is 0 Å². The van der Waals surface area contributed by atoms with Crippen LogP contribution in [0.15, 0.2) is 0 Å². The van der Waals surface area contributed by atoms with Gasteiger partial charge in [0.15, 0.2) is 0 Å². The number of rotatable bonds is 2. The van der Waals surface area contributed by atoms with Gasteiger partial charge in [-0.15, -0.1) is 0 Å². The maximum absolute atomic E-state index is 2.23. The van der Waals surface area contributed by atoms with Crippen LogP contribution >= 0.6 is 11.8 Å². The van der Waals surface area contributed by atoms with Crippen LogP contribution < -0.4 is 0 Å².